The Morgan fingerprint density at radius 3 is 2.96 bits per heavy atom. The third kappa shape index (κ3) is 2.94. The van der Waals surface area contributed by atoms with E-state index in [4.69, 9.17) is 4.42 Å². The third-order valence-corrected chi connectivity index (χ3v) is 4.37. The van der Waals surface area contributed by atoms with Crippen LogP contribution in [-0.2, 0) is 6.54 Å². The first kappa shape index (κ1) is 15.0. The zero-order valence-corrected chi connectivity index (χ0v) is 13.9. The molecule has 0 aliphatic carbocycles. The molecule has 1 fully saturated rings. The van der Waals surface area contributed by atoms with Crippen molar-refractivity contribution in [2.75, 3.05) is 13.1 Å². The van der Waals surface area contributed by atoms with Crippen LogP contribution >= 0.6 is 0 Å². The Bertz CT molecular complexity index is 825. The van der Waals surface area contributed by atoms with Gasteiger partial charge in [-0.05, 0) is 38.5 Å². The summed E-state index contributed by atoms with van der Waals surface area (Å²) >= 11 is 0. The number of pyridine rings is 1. The monoisotopic (exact) mass is 324 g/mol. The number of aromatic nitrogens is 5. The molecule has 0 saturated carbocycles. The highest BCUT2D eigenvalue weighted by Crippen LogP contribution is 2.25. The molecule has 3 aromatic heterocycles. The van der Waals surface area contributed by atoms with Crippen LogP contribution in [0.25, 0.3) is 11.5 Å². The molecule has 1 atom stereocenters. The van der Waals surface area contributed by atoms with Crippen molar-refractivity contribution in [1.29, 1.82) is 0 Å². The number of hydrogen-bond donors (Lipinski definition) is 0. The SMILES string of the molecule is Cc1cc(C)n(C2CCN(Cc3nnc(-c4cccnc4)o3)C2)n1. The summed E-state index contributed by atoms with van der Waals surface area (Å²) in [6, 6.07) is 6.32. The van der Waals surface area contributed by atoms with E-state index in [1.165, 1.54) is 5.69 Å². The predicted octanol–water partition coefficient (Wildman–Crippen LogP) is 2.39. The number of hydrogen-bond acceptors (Lipinski definition) is 6. The third-order valence-electron chi connectivity index (χ3n) is 4.37. The normalized spacial score (nSPS) is 18.3. The first-order valence-electron chi connectivity index (χ1n) is 8.17. The Morgan fingerprint density at radius 1 is 1.29 bits per heavy atom. The van der Waals surface area contributed by atoms with Crippen molar-refractivity contribution in [3.05, 3.63) is 47.9 Å². The number of likely N-dealkylation sites (tertiary alicyclic amines) is 1. The van der Waals surface area contributed by atoms with Gasteiger partial charge < -0.3 is 4.42 Å². The smallest absolute Gasteiger partial charge is 0.249 e. The molecule has 1 aliphatic heterocycles. The molecule has 0 N–H and O–H groups in total. The van der Waals surface area contributed by atoms with Crippen molar-refractivity contribution >= 4 is 0 Å². The summed E-state index contributed by atoms with van der Waals surface area (Å²) in [5.74, 6) is 1.16. The fourth-order valence-corrected chi connectivity index (χ4v) is 3.29. The Hall–Kier alpha value is -2.54. The molecule has 1 aliphatic rings. The molecule has 0 bridgehead atoms. The second-order valence-corrected chi connectivity index (χ2v) is 6.29. The van der Waals surface area contributed by atoms with Gasteiger partial charge in [0.2, 0.25) is 11.8 Å². The molecule has 124 valence electrons. The fourth-order valence-electron chi connectivity index (χ4n) is 3.29. The molecule has 0 aromatic carbocycles. The second-order valence-electron chi connectivity index (χ2n) is 6.29. The Kier molecular flexibility index (Phi) is 3.86. The van der Waals surface area contributed by atoms with Crippen LogP contribution in [0.5, 0.6) is 0 Å². The zero-order chi connectivity index (χ0) is 16.5. The standard InChI is InChI=1S/C17H20N6O/c1-12-8-13(2)23(21-12)15-5-7-22(10-15)11-16-19-20-17(24-16)14-4-3-6-18-9-14/h3-4,6,8-9,15H,5,7,10-11H2,1-2H3. The minimum atomic E-state index is 0.416. The van der Waals surface area contributed by atoms with Crippen LogP contribution in [0.2, 0.25) is 0 Å². The molecule has 4 rings (SSSR count). The molecule has 24 heavy (non-hydrogen) atoms. The molecule has 0 amide bonds. The summed E-state index contributed by atoms with van der Waals surface area (Å²) in [6.07, 6.45) is 4.54. The lowest BCUT2D eigenvalue weighted by atomic mass is 10.2. The van der Waals surface area contributed by atoms with Crippen molar-refractivity contribution in [2.24, 2.45) is 0 Å². The highest BCUT2D eigenvalue weighted by molar-refractivity contribution is 5.49. The van der Waals surface area contributed by atoms with Gasteiger partial charge in [0.05, 0.1) is 23.8 Å². The number of nitrogens with zero attached hydrogens (tertiary/aromatic N) is 6. The molecular formula is C17H20N6O. The molecule has 3 aromatic rings. The number of aryl methyl sites for hydroxylation is 2. The van der Waals surface area contributed by atoms with Gasteiger partial charge in [-0.25, -0.2) is 0 Å². The van der Waals surface area contributed by atoms with Gasteiger partial charge in [0.25, 0.3) is 0 Å². The fraction of sp³-hybridized carbons (Fsp3) is 0.412. The van der Waals surface area contributed by atoms with Gasteiger partial charge in [0.15, 0.2) is 0 Å². The first-order valence-corrected chi connectivity index (χ1v) is 8.17. The van der Waals surface area contributed by atoms with Gasteiger partial charge in [0, 0.05) is 31.2 Å². The van der Waals surface area contributed by atoms with E-state index >= 15 is 0 Å². The van der Waals surface area contributed by atoms with Crippen molar-refractivity contribution < 1.29 is 4.42 Å². The van der Waals surface area contributed by atoms with Gasteiger partial charge in [0.1, 0.15) is 0 Å². The van der Waals surface area contributed by atoms with Crippen LogP contribution in [-0.4, -0.2) is 43.0 Å². The van der Waals surface area contributed by atoms with Crippen LogP contribution in [0, 0.1) is 13.8 Å². The summed E-state index contributed by atoms with van der Waals surface area (Å²) < 4.78 is 7.92. The molecule has 0 spiro atoms. The maximum atomic E-state index is 5.77. The quantitative estimate of drug-likeness (QED) is 0.734. The van der Waals surface area contributed by atoms with Crippen molar-refractivity contribution in [1.82, 2.24) is 29.9 Å². The summed E-state index contributed by atoms with van der Waals surface area (Å²) in [4.78, 5) is 6.41. The van der Waals surface area contributed by atoms with Crippen LogP contribution in [0.15, 0.2) is 35.0 Å². The Balaban J connectivity index is 1.42. The lowest BCUT2D eigenvalue weighted by Gasteiger charge is -2.15. The Labute approximate surface area is 140 Å². The second kappa shape index (κ2) is 6.16. The van der Waals surface area contributed by atoms with Gasteiger partial charge in [-0.1, -0.05) is 0 Å². The van der Waals surface area contributed by atoms with Crippen LogP contribution in [0.1, 0.15) is 29.7 Å². The van der Waals surface area contributed by atoms with E-state index in [1.807, 2.05) is 19.1 Å². The van der Waals surface area contributed by atoms with E-state index in [-0.39, 0.29) is 0 Å². The summed E-state index contributed by atoms with van der Waals surface area (Å²) in [7, 11) is 0. The molecule has 1 saturated heterocycles. The van der Waals surface area contributed by atoms with Crippen molar-refractivity contribution in [2.45, 2.75) is 32.9 Å². The minimum Gasteiger partial charge on any atom is -0.419 e. The van der Waals surface area contributed by atoms with Gasteiger partial charge in [-0.2, -0.15) is 5.10 Å². The van der Waals surface area contributed by atoms with Crippen molar-refractivity contribution in [3.63, 3.8) is 0 Å². The number of rotatable bonds is 4. The lowest BCUT2D eigenvalue weighted by molar-refractivity contribution is 0.278. The van der Waals surface area contributed by atoms with E-state index in [2.05, 4.69) is 42.9 Å². The molecule has 7 nitrogen and oxygen atoms in total. The van der Waals surface area contributed by atoms with Gasteiger partial charge in [-0.3, -0.25) is 14.6 Å². The maximum absolute atomic E-state index is 5.77. The predicted molar refractivity (Wildman–Crippen MR) is 88.2 cm³/mol. The molecule has 1 unspecified atom stereocenters. The average molecular weight is 324 g/mol. The van der Waals surface area contributed by atoms with E-state index in [9.17, 15) is 0 Å². The summed E-state index contributed by atoms with van der Waals surface area (Å²) in [5, 5.41) is 12.9. The van der Waals surface area contributed by atoms with E-state index in [0.717, 1.165) is 30.8 Å². The van der Waals surface area contributed by atoms with E-state index in [1.54, 1.807) is 12.4 Å². The molecule has 7 heteroatoms. The van der Waals surface area contributed by atoms with Crippen LogP contribution in [0.3, 0.4) is 0 Å². The minimum absolute atomic E-state index is 0.416. The Morgan fingerprint density at radius 2 is 2.21 bits per heavy atom. The first-order chi connectivity index (χ1) is 11.7. The summed E-state index contributed by atoms with van der Waals surface area (Å²) in [6.45, 7) is 6.78. The van der Waals surface area contributed by atoms with Crippen LogP contribution < -0.4 is 0 Å². The molecule has 4 heterocycles. The molecular weight excluding hydrogens is 304 g/mol. The maximum Gasteiger partial charge on any atom is 0.249 e. The zero-order valence-electron chi connectivity index (χ0n) is 13.9. The van der Waals surface area contributed by atoms with E-state index < -0.39 is 0 Å². The van der Waals surface area contributed by atoms with E-state index in [0.29, 0.717) is 24.4 Å². The van der Waals surface area contributed by atoms with Gasteiger partial charge in [-0.15, -0.1) is 10.2 Å². The van der Waals surface area contributed by atoms with Gasteiger partial charge >= 0.3 is 0 Å². The molecule has 0 radical (unpaired) electrons. The lowest BCUT2D eigenvalue weighted by Crippen LogP contribution is -2.22. The average Bonchev–Trinajstić information content (AvgIpc) is 3.29. The highest BCUT2D eigenvalue weighted by atomic mass is 16.4. The van der Waals surface area contributed by atoms with Crippen molar-refractivity contribution in [3.8, 4) is 11.5 Å². The summed E-state index contributed by atoms with van der Waals surface area (Å²) in [5.41, 5.74) is 3.14. The largest absolute Gasteiger partial charge is 0.419 e. The highest BCUT2D eigenvalue weighted by Gasteiger charge is 2.26. The topological polar surface area (TPSA) is 72.9 Å². The van der Waals surface area contributed by atoms with Crippen LogP contribution in [0.4, 0.5) is 0 Å².